The van der Waals surface area contributed by atoms with Crippen molar-refractivity contribution < 1.29 is 15.0 Å². The van der Waals surface area contributed by atoms with Crippen LogP contribution >= 0.6 is 0 Å². The van der Waals surface area contributed by atoms with E-state index in [1.807, 2.05) is 0 Å². The molecule has 4 nitrogen and oxygen atoms in total. The maximum Gasteiger partial charge on any atom is 0.235 e. The number of nitrogens with zero attached hydrogens (tertiary/aromatic N) is 1. The van der Waals surface area contributed by atoms with Gasteiger partial charge in [-0.25, -0.2) is 9.79 Å². The standard InChI is InChI=1S/C8H7NO3/c10-5-9-4-6-2-1-3-7(11)8(6)12/h1-3,11-12H,4H2. The molecule has 0 atom stereocenters. The first-order valence-corrected chi connectivity index (χ1v) is 3.29. The van der Waals surface area contributed by atoms with Crippen LogP contribution < -0.4 is 0 Å². The number of rotatable bonds is 2. The van der Waals surface area contributed by atoms with E-state index in [9.17, 15) is 9.90 Å². The van der Waals surface area contributed by atoms with Crippen LogP contribution in [0.1, 0.15) is 5.56 Å². The Kier molecular flexibility index (Phi) is 2.46. The van der Waals surface area contributed by atoms with Gasteiger partial charge in [-0.05, 0) is 6.07 Å². The van der Waals surface area contributed by atoms with Crippen LogP contribution in [0.4, 0.5) is 0 Å². The quantitative estimate of drug-likeness (QED) is 0.389. The smallest absolute Gasteiger partial charge is 0.235 e. The number of aromatic hydroxyl groups is 2. The van der Waals surface area contributed by atoms with Crippen molar-refractivity contribution in [3.63, 3.8) is 0 Å². The third kappa shape index (κ3) is 1.62. The summed E-state index contributed by atoms with van der Waals surface area (Å²) in [4.78, 5) is 13.0. The van der Waals surface area contributed by atoms with Gasteiger partial charge in [-0.2, -0.15) is 0 Å². The lowest BCUT2D eigenvalue weighted by Gasteiger charge is -2.00. The van der Waals surface area contributed by atoms with Gasteiger partial charge in [0.25, 0.3) is 0 Å². The Balaban J connectivity index is 2.99. The maximum atomic E-state index is 9.74. The average molecular weight is 165 g/mol. The van der Waals surface area contributed by atoms with Gasteiger partial charge in [-0.15, -0.1) is 0 Å². The Labute approximate surface area is 68.8 Å². The fourth-order valence-corrected chi connectivity index (χ4v) is 0.823. The summed E-state index contributed by atoms with van der Waals surface area (Å²) in [6.45, 7) is 0.0315. The van der Waals surface area contributed by atoms with Gasteiger partial charge in [-0.3, -0.25) is 0 Å². The number of hydrogen-bond donors (Lipinski definition) is 2. The molecule has 0 bridgehead atoms. The Morgan fingerprint density at radius 2 is 2.17 bits per heavy atom. The molecule has 0 aliphatic carbocycles. The van der Waals surface area contributed by atoms with Crippen LogP contribution in [0.15, 0.2) is 23.2 Å². The fourth-order valence-electron chi connectivity index (χ4n) is 0.823. The van der Waals surface area contributed by atoms with Crippen LogP contribution in [0.5, 0.6) is 11.5 Å². The second-order valence-corrected chi connectivity index (χ2v) is 2.19. The highest BCUT2D eigenvalue weighted by atomic mass is 16.3. The molecule has 0 aliphatic rings. The van der Waals surface area contributed by atoms with E-state index < -0.39 is 0 Å². The summed E-state index contributed by atoms with van der Waals surface area (Å²) in [5.41, 5.74) is 0.401. The van der Waals surface area contributed by atoms with Crippen molar-refractivity contribution >= 4 is 6.08 Å². The zero-order chi connectivity index (χ0) is 8.97. The molecule has 4 heteroatoms. The Morgan fingerprint density at radius 3 is 2.83 bits per heavy atom. The van der Waals surface area contributed by atoms with Crippen LogP contribution in [-0.2, 0) is 11.3 Å². The molecule has 0 saturated heterocycles. The second kappa shape index (κ2) is 3.55. The lowest BCUT2D eigenvalue weighted by Crippen LogP contribution is -1.82. The van der Waals surface area contributed by atoms with E-state index in [0.29, 0.717) is 5.56 Å². The molecule has 0 saturated carbocycles. The predicted molar refractivity (Wildman–Crippen MR) is 41.6 cm³/mol. The lowest BCUT2D eigenvalue weighted by molar-refractivity contribution is 0.399. The van der Waals surface area contributed by atoms with Gasteiger partial charge in [0.05, 0.1) is 6.54 Å². The first kappa shape index (κ1) is 8.30. The molecular weight excluding hydrogens is 158 g/mol. The van der Waals surface area contributed by atoms with Crippen molar-refractivity contribution in [1.82, 2.24) is 0 Å². The summed E-state index contributed by atoms with van der Waals surface area (Å²) in [6.07, 6.45) is 1.35. The fraction of sp³-hybridized carbons (Fsp3) is 0.125. The van der Waals surface area contributed by atoms with Crippen molar-refractivity contribution in [2.75, 3.05) is 0 Å². The molecule has 0 unspecified atom stereocenters. The molecule has 2 N–H and O–H groups in total. The third-order valence-electron chi connectivity index (χ3n) is 1.41. The van der Waals surface area contributed by atoms with Gasteiger partial charge in [0, 0.05) is 5.56 Å². The molecule has 0 spiro atoms. The topological polar surface area (TPSA) is 69.9 Å². The third-order valence-corrected chi connectivity index (χ3v) is 1.41. The largest absolute Gasteiger partial charge is 0.504 e. The van der Waals surface area contributed by atoms with E-state index >= 15 is 0 Å². The van der Waals surface area contributed by atoms with E-state index in [4.69, 9.17) is 5.11 Å². The molecule has 0 fully saturated rings. The van der Waals surface area contributed by atoms with Crippen molar-refractivity contribution in [2.24, 2.45) is 4.99 Å². The molecule has 0 aromatic heterocycles. The molecule has 0 aliphatic heterocycles. The number of phenols is 2. The molecule has 12 heavy (non-hydrogen) atoms. The number of benzene rings is 1. The number of isocyanates is 1. The highest BCUT2D eigenvalue weighted by molar-refractivity contribution is 5.45. The van der Waals surface area contributed by atoms with Gasteiger partial charge in [0.15, 0.2) is 11.5 Å². The lowest BCUT2D eigenvalue weighted by atomic mass is 10.2. The monoisotopic (exact) mass is 165 g/mol. The summed E-state index contributed by atoms with van der Waals surface area (Å²) in [6, 6.07) is 4.48. The van der Waals surface area contributed by atoms with E-state index in [2.05, 4.69) is 4.99 Å². The van der Waals surface area contributed by atoms with E-state index in [1.54, 1.807) is 12.1 Å². The Hall–Kier alpha value is -1.80. The molecule has 0 radical (unpaired) electrons. The Morgan fingerprint density at radius 1 is 1.42 bits per heavy atom. The molecule has 0 heterocycles. The molecule has 62 valence electrons. The van der Waals surface area contributed by atoms with Crippen molar-refractivity contribution in [3.05, 3.63) is 23.8 Å². The summed E-state index contributed by atoms with van der Waals surface area (Å²) < 4.78 is 0. The minimum atomic E-state index is -0.239. The molecule has 1 aromatic rings. The molecule has 1 aromatic carbocycles. The Bertz CT molecular complexity index is 329. The van der Waals surface area contributed by atoms with Crippen molar-refractivity contribution in [2.45, 2.75) is 6.54 Å². The van der Waals surface area contributed by atoms with Gasteiger partial charge < -0.3 is 10.2 Å². The van der Waals surface area contributed by atoms with Crippen LogP contribution in [-0.4, -0.2) is 16.3 Å². The summed E-state index contributed by atoms with van der Waals surface area (Å²) in [5.74, 6) is -0.454. The highest BCUT2D eigenvalue weighted by Gasteiger charge is 2.03. The first-order chi connectivity index (χ1) is 5.75. The van der Waals surface area contributed by atoms with E-state index in [1.165, 1.54) is 12.1 Å². The number of para-hydroxylation sites is 1. The average Bonchev–Trinajstić information content (AvgIpc) is 2.08. The van der Waals surface area contributed by atoms with Gasteiger partial charge >= 0.3 is 0 Å². The number of phenolic OH excluding ortho intramolecular Hbond substituents is 2. The first-order valence-electron chi connectivity index (χ1n) is 3.29. The zero-order valence-corrected chi connectivity index (χ0v) is 6.19. The van der Waals surface area contributed by atoms with Crippen LogP contribution in [0.2, 0.25) is 0 Å². The highest BCUT2D eigenvalue weighted by Crippen LogP contribution is 2.28. The number of hydrogen-bond acceptors (Lipinski definition) is 4. The maximum absolute atomic E-state index is 9.74. The minimum Gasteiger partial charge on any atom is -0.504 e. The normalized spacial score (nSPS) is 9.00. The van der Waals surface area contributed by atoms with Crippen molar-refractivity contribution in [3.8, 4) is 11.5 Å². The molecule has 0 amide bonds. The van der Waals surface area contributed by atoms with Crippen LogP contribution in [0.3, 0.4) is 0 Å². The molecular formula is C8H7NO3. The van der Waals surface area contributed by atoms with Crippen molar-refractivity contribution in [1.29, 1.82) is 0 Å². The zero-order valence-electron chi connectivity index (χ0n) is 6.19. The summed E-state index contributed by atoms with van der Waals surface area (Å²) >= 11 is 0. The van der Waals surface area contributed by atoms with Gasteiger partial charge in [-0.1, -0.05) is 12.1 Å². The molecule has 1 rings (SSSR count). The second-order valence-electron chi connectivity index (χ2n) is 2.19. The van der Waals surface area contributed by atoms with E-state index in [-0.39, 0.29) is 18.0 Å². The minimum absolute atomic E-state index is 0.0315. The SMILES string of the molecule is O=C=NCc1cccc(O)c1O. The van der Waals surface area contributed by atoms with E-state index in [0.717, 1.165) is 0 Å². The summed E-state index contributed by atoms with van der Waals surface area (Å²) in [5, 5.41) is 18.2. The number of aliphatic imine (C=N–C) groups is 1. The van der Waals surface area contributed by atoms with Gasteiger partial charge in [0.1, 0.15) is 0 Å². The summed E-state index contributed by atoms with van der Waals surface area (Å²) in [7, 11) is 0. The van der Waals surface area contributed by atoms with Gasteiger partial charge in [0.2, 0.25) is 6.08 Å². The predicted octanol–water partition coefficient (Wildman–Crippen LogP) is 0.934. The number of carbonyl (C=O) groups excluding carboxylic acids is 1. The van der Waals surface area contributed by atoms with Crippen LogP contribution in [0.25, 0.3) is 0 Å². The van der Waals surface area contributed by atoms with Crippen LogP contribution in [0, 0.1) is 0 Å².